The van der Waals surface area contributed by atoms with E-state index in [0.29, 0.717) is 19.3 Å². The van der Waals surface area contributed by atoms with Gasteiger partial charge in [0.15, 0.2) is 23.0 Å². The van der Waals surface area contributed by atoms with Gasteiger partial charge in [-0.05, 0) is 38.0 Å². The van der Waals surface area contributed by atoms with Gasteiger partial charge in [0.05, 0.1) is 5.88 Å². The first kappa shape index (κ1) is 20.3. The lowest BCUT2D eigenvalue weighted by atomic mass is 9.41. The lowest BCUT2D eigenvalue weighted by Gasteiger charge is -2.66. The number of rotatable bonds is 2. The second kappa shape index (κ2) is 5.41. The highest BCUT2D eigenvalue weighted by Crippen LogP contribution is 2.77. The van der Waals surface area contributed by atoms with Crippen LogP contribution in [0, 0.1) is 22.7 Å². The van der Waals surface area contributed by atoms with Crippen molar-refractivity contribution in [1.82, 2.24) is 0 Å². The Morgan fingerprint density at radius 1 is 1.17 bits per heavy atom. The van der Waals surface area contributed by atoms with Gasteiger partial charge in [0.25, 0.3) is 0 Å². The van der Waals surface area contributed by atoms with Gasteiger partial charge in [-0.3, -0.25) is 9.59 Å². The van der Waals surface area contributed by atoms with Gasteiger partial charge >= 0.3 is 0 Å². The maximum Gasteiger partial charge on any atom is 0.199 e. The Morgan fingerprint density at radius 3 is 2.48 bits per heavy atom. The number of carbonyl (C=O) groups is 2. The maximum absolute atomic E-state index is 17.2. The van der Waals surface area contributed by atoms with E-state index in [1.165, 1.54) is 0 Å². The number of Topliss-reactive ketones (excluding diaryl/α,β-unsaturated/α-hetero) is 2. The van der Waals surface area contributed by atoms with Crippen LogP contribution in [0.2, 0.25) is 0 Å². The topological polar surface area (TPSA) is 107 Å². The van der Waals surface area contributed by atoms with E-state index in [1.807, 2.05) is 0 Å². The zero-order valence-electron chi connectivity index (χ0n) is 16.7. The average Bonchev–Trinajstić information content (AvgIpc) is 3.34. The summed E-state index contributed by atoms with van der Waals surface area (Å²) in [6, 6.07) is 0. The van der Waals surface area contributed by atoms with Crippen molar-refractivity contribution in [2.75, 3.05) is 5.88 Å². The van der Waals surface area contributed by atoms with Crippen LogP contribution in [-0.4, -0.2) is 61.5 Å². The molecule has 1 aliphatic heterocycles. The van der Waals surface area contributed by atoms with Crippen molar-refractivity contribution in [3.05, 3.63) is 0 Å². The van der Waals surface area contributed by atoms with E-state index in [-0.39, 0.29) is 30.9 Å². The van der Waals surface area contributed by atoms with E-state index in [1.54, 1.807) is 13.8 Å². The number of epoxide rings is 1. The van der Waals surface area contributed by atoms with Crippen LogP contribution in [0.3, 0.4) is 0 Å². The van der Waals surface area contributed by atoms with Crippen molar-refractivity contribution in [3.8, 4) is 0 Å². The summed E-state index contributed by atoms with van der Waals surface area (Å²) in [5.41, 5.74) is -7.64. The summed E-state index contributed by atoms with van der Waals surface area (Å²) in [6.45, 7) is 3.34. The highest BCUT2D eigenvalue weighted by atomic mass is 35.5. The molecule has 0 bridgehead atoms. The van der Waals surface area contributed by atoms with Gasteiger partial charge in [-0.25, -0.2) is 4.39 Å². The Labute approximate surface area is 173 Å². The lowest BCUT2D eigenvalue weighted by molar-refractivity contribution is -0.368. The van der Waals surface area contributed by atoms with Crippen LogP contribution < -0.4 is 0 Å². The van der Waals surface area contributed by atoms with Crippen molar-refractivity contribution in [1.29, 1.82) is 0 Å². The first-order valence-electron chi connectivity index (χ1n) is 10.5. The Morgan fingerprint density at radius 2 is 1.83 bits per heavy atom. The number of ether oxygens (including phenoxy) is 1. The molecule has 5 rings (SSSR count). The van der Waals surface area contributed by atoms with E-state index in [4.69, 9.17) is 16.3 Å². The van der Waals surface area contributed by atoms with Crippen LogP contribution in [0.4, 0.5) is 4.39 Å². The third-order valence-corrected chi connectivity index (χ3v) is 10.0. The summed E-state index contributed by atoms with van der Waals surface area (Å²) in [6.07, 6.45) is 0.500. The summed E-state index contributed by atoms with van der Waals surface area (Å²) in [5, 5.41) is 33.7. The van der Waals surface area contributed by atoms with Crippen molar-refractivity contribution in [2.24, 2.45) is 22.7 Å². The first-order chi connectivity index (χ1) is 13.3. The quantitative estimate of drug-likeness (QED) is 0.349. The van der Waals surface area contributed by atoms with E-state index in [9.17, 15) is 24.9 Å². The van der Waals surface area contributed by atoms with Crippen molar-refractivity contribution < 1.29 is 34.0 Å². The molecule has 4 aliphatic carbocycles. The number of hydrogen-bond donors (Lipinski definition) is 3. The molecule has 0 radical (unpaired) electrons. The zero-order chi connectivity index (χ0) is 21.3. The SMILES string of the molecule is C[C@]12CC(O)(O)[C@@]3(F)[C@@H](CCC45OC4C(=O)CC[C@@]53C)[C@@H]1CC[C@]2(O)C(=O)CCl. The maximum atomic E-state index is 17.2. The summed E-state index contributed by atoms with van der Waals surface area (Å²) in [5.74, 6) is -4.92. The molecule has 29 heavy (non-hydrogen) atoms. The molecule has 162 valence electrons. The predicted octanol–water partition coefficient (Wildman–Crippen LogP) is 1.65. The molecule has 0 aromatic carbocycles. The van der Waals surface area contributed by atoms with Crippen LogP contribution in [0.1, 0.15) is 58.8 Å². The molecule has 4 saturated carbocycles. The van der Waals surface area contributed by atoms with Crippen LogP contribution in [0.15, 0.2) is 0 Å². The molecule has 2 unspecified atom stereocenters. The molecule has 8 atom stereocenters. The second-order valence-electron chi connectivity index (χ2n) is 10.5. The Hall–Kier alpha value is -0.600. The van der Waals surface area contributed by atoms with E-state index in [0.717, 1.165) is 0 Å². The molecule has 3 N–H and O–H groups in total. The summed E-state index contributed by atoms with van der Waals surface area (Å²) in [4.78, 5) is 24.8. The standard InChI is InChI=1S/C21H28ClFO6/c1-16-10-20(27,28)21(23)12(11(16)3-7-18(16,26)14(25)9-22)4-8-19-15(29-19)13(24)5-6-17(19,21)2/h11-12,15,26-28H,3-10H2,1-2H3/t11-,12-,15?,16-,17-,18-,19?,21+/m0/s1. The van der Waals surface area contributed by atoms with Gasteiger partial charge in [0.2, 0.25) is 0 Å². The first-order valence-corrected chi connectivity index (χ1v) is 11.0. The Kier molecular flexibility index (Phi) is 3.79. The molecular weight excluding hydrogens is 403 g/mol. The van der Waals surface area contributed by atoms with Gasteiger partial charge in [-0.1, -0.05) is 13.8 Å². The third kappa shape index (κ3) is 1.90. The molecule has 5 aliphatic rings. The van der Waals surface area contributed by atoms with Crippen molar-refractivity contribution in [2.45, 2.75) is 87.6 Å². The number of alkyl halides is 2. The molecule has 1 spiro atoms. The Balaban J connectivity index is 1.63. The number of ketones is 2. The van der Waals surface area contributed by atoms with Crippen LogP contribution in [-0.2, 0) is 14.3 Å². The summed E-state index contributed by atoms with van der Waals surface area (Å²) in [7, 11) is 0. The fourth-order valence-corrected chi connectivity index (χ4v) is 8.42. The average molecular weight is 431 g/mol. The van der Waals surface area contributed by atoms with E-state index < -0.39 is 63.6 Å². The van der Waals surface area contributed by atoms with E-state index in [2.05, 4.69) is 0 Å². The van der Waals surface area contributed by atoms with Gasteiger partial charge in [-0.15, -0.1) is 11.6 Å². The van der Waals surface area contributed by atoms with Gasteiger partial charge in [0.1, 0.15) is 17.3 Å². The number of hydrogen-bond acceptors (Lipinski definition) is 6. The van der Waals surface area contributed by atoms with Crippen molar-refractivity contribution in [3.63, 3.8) is 0 Å². The molecule has 1 heterocycles. The number of aliphatic hydroxyl groups is 3. The largest absolute Gasteiger partial charge is 0.381 e. The molecule has 0 amide bonds. The minimum atomic E-state index is -2.77. The predicted molar refractivity (Wildman–Crippen MR) is 99.8 cm³/mol. The normalized spacial score (nSPS) is 57.3. The van der Waals surface area contributed by atoms with Gasteiger partial charge in [0, 0.05) is 29.6 Å². The smallest absolute Gasteiger partial charge is 0.199 e. The van der Waals surface area contributed by atoms with Crippen LogP contribution in [0.5, 0.6) is 0 Å². The monoisotopic (exact) mass is 430 g/mol. The number of halogens is 2. The number of fused-ring (bicyclic) bond motifs is 4. The summed E-state index contributed by atoms with van der Waals surface area (Å²) < 4.78 is 23.0. The molecule has 6 nitrogen and oxygen atoms in total. The second-order valence-corrected chi connectivity index (χ2v) is 10.8. The van der Waals surface area contributed by atoms with E-state index >= 15 is 4.39 Å². The van der Waals surface area contributed by atoms with Crippen LogP contribution in [0.25, 0.3) is 0 Å². The minimum Gasteiger partial charge on any atom is -0.381 e. The lowest BCUT2D eigenvalue weighted by Crippen LogP contribution is -2.78. The zero-order valence-corrected chi connectivity index (χ0v) is 17.5. The molecular formula is C21H28ClFO6. The van der Waals surface area contributed by atoms with Crippen LogP contribution >= 0.6 is 11.6 Å². The molecule has 8 heteroatoms. The fraction of sp³-hybridized carbons (Fsp3) is 0.905. The molecule has 1 saturated heterocycles. The van der Waals surface area contributed by atoms with Gasteiger partial charge in [-0.2, -0.15) is 0 Å². The molecule has 5 fully saturated rings. The highest BCUT2D eigenvalue weighted by molar-refractivity contribution is 6.29. The summed E-state index contributed by atoms with van der Waals surface area (Å²) >= 11 is 5.74. The third-order valence-electron chi connectivity index (χ3n) is 9.78. The highest BCUT2D eigenvalue weighted by Gasteiger charge is 2.87. The fourth-order valence-electron chi connectivity index (χ4n) is 8.20. The minimum absolute atomic E-state index is 0.0467. The van der Waals surface area contributed by atoms with Crippen molar-refractivity contribution >= 4 is 23.2 Å². The van der Waals surface area contributed by atoms with Gasteiger partial charge < -0.3 is 20.1 Å². The Bertz CT molecular complexity index is 819. The number of carbonyl (C=O) groups excluding carboxylic acids is 2. The molecule has 0 aromatic heterocycles. The molecule has 0 aromatic rings.